The molecule has 34 heavy (non-hydrogen) atoms. The van der Waals surface area contributed by atoms with Crippen LogP contribution < -0.4 is 4.74 Å². The maximum Gasteiger partial charge on any atom is 0.295 e. The molecule has 1 aliphatic heterocycles. The molecule has 1 fully saturated rings. The molecule has 1 aliphatic rings. The van der Waals surface area contributed by atoms with E-state index in [1.54, 1.807) is 18.2 Å². The highest BCUT2D eigenvalue weighted by molar-refractivity contribution is 6.46. The van der Waals surface area contributed by atoms with Gasteiger partial charge in [-0.1, -0.05) is 43.7 Å². The molecule has 3 rings (SSSR count). The van der Waals surface area contributed by atoms with Gasteiger partial charge in [0, 0.05) is 12.1 Å². The number of nitrogens with zero attached hydrogens (tertiary/aromatic N) is 1. The highest BCUT2D eigenvalue weighted by Crippen LogP contribution is 2.40. The number of aliphatic hydroxyl groups excluding tert-OH is 1. The summed E-state index contributed by atoms with van der Waals surface area (Å²) in [6, 6.07) is 12.3. The summed E-state index contributed by atoms with van der Waals surface area (Å²) in [4.78, 5) is 27.7. The number of carbonyl (C=O) groups is 2. The van der Waals surface area contributed by atoms with Crippen molar-refractivity contribution in [3.05, 3.63) is 70.3 Å². The minimum atomic E-state index is -0.689. The number of ketones is 1. The highest BCUT2D eigenvalue weighted by Gasteiger charge is 2.46. The van der Waals surface area contributed by atoms with Crippen LogP contribution in [-0.2, 0) is 14.3 Å². The maximum absolute atomic E-state index is 13.2. The Labute approximate surface area is 202 Å². The minimum Gasteiger partial charge on any atom is -0.507 e. The molecule has 1 N–H and O–H groups in total. The average molecular weight is 466 g/mol. The van der Waals surface area contributed by atoms with E-state index in [4.69, 9.17) is 9.47 Å². The normalized spacial score (nSPS) is 17.8. The van der Waals surface area contributed by atoms with Gasteiger partial charge in [-0.2, -0.15) is 0 Å². The van der Waals surface area contributed by atoms with E-state index in [1.165, 1.54) is 4.90 Å². The van der Waals surface area contributed by atoms with Crippen LogP contribution in [0.15, 0.2) is 48.0 Å². The van der Waals surface area contributed by atoms with Gasteiger partial charge in [-0.25, -0.2) is 0 Å². The summed E-state index contributed by atoms with van der Waals surface area (Å²) in [6.07, 6.45) is 0.00801. The molecule has 2 aromatic carbocycles. The second-order valence-corrected chi connectivity index (χ2v) is 9.51. The molecule has 6 heteroatoms. The topological polar surface area (TPSA) is 76.1 Å². The van der Waals surface area contributed by atoms with Gasteiger partial charge in [0.2, 0.25) is 0 Å². The number of carbonyl (C=O) groups excluding carboxylic acids is 2. The van der Waals surface area contributed by atoms with Crippen molar-refractivity contribution in [1.29, 1.82) is 0 Å². The van der Waals surface area contributed by atoms with Gasteiger partial charge in [0.1, 0.15) is 11.5 Å². The van der Waals surface area contributed by atoms with Crippen molar-refractivity contribution < 1.29 is 24.2 Å². The predicted molar refractivity (Wildman–Crippen MR) is 133 cm³/mol. The molecule has 0 saturated carbocycles. The summed E-state index contributed by atoms with van der Waals surface area (Å²) in [5.41, 5.74) is 3.19. The number of aryl methyl sites for hydroxylation is 2. The Kier molecular flexibility index (Phi) is 8.15. The standard InChI is InChI=1S/C28H35NO5/c1-17(2)16-34-23-11-10-22(15-20(23)6)26(30)24-25(21-9-7-8-19(5)14-21)29(28(32)27(24)31)12-13-33-18(3)4/h7-11,14-15,17-18,25,30H,12-13,16H2,1-6H3/b26-24-. The van der Waals surface area contributed by atoms with E-state index in [9.17, 15) is 14.7 Å². The lowest BCUT2D eigenvalue weighted by Gasteiger charge is -2.26. The van der Waals surface area contributed by atoms with E-state index in [0.717, 1.165) is 22.4 Å². The Morgan fingerprint density at radius 2 is 1.79 bits per heavy atom. The molecule has 2 aromatic rings. The molecule has 1 heterocycles. The fourth-order valence-electron chi connectivity index (χ4n) is 4.05. The molecule has 182 valence electrons. The second-order valence-electron chi connectivity index (χ2n) is 9.51. The first-order valence-electron chi connectivity index (χ1n) is 11.8. The number of hydrogen-bond donors (Lipinski definition) is 1. The third-order valence-electron chi connectivity index (χ3n) is 5.70. The summed E-state index contributed by atoms with van der Waals surface area (Å²) in [6.45, 7) is 13.0. The van der Waals surface area contributed by atoms with Crippen LogP contribution in [0.1, 0.15) is 56.0 Å². The number of ether oxygens (including phenoxy) is 2. The molecule has 1 atom stereocenters. The Morgan fingerprint density at radius 1 is 1.06 bits per heavy atom. The van der Waals surface area contributed by atoms with Gasteiger partial charge in [-0.15, -0.1) is 0 Å². The molecule has 1 amide bonds. The van der Waals surface area contributed by atoms with Gasteiger partial charge >= 0.3 is 0 Å². The van der Waals surface area contributed by atoms with Gasteiger partial charge in [0.25, 0.3) is 11.7 Å². The Hall–Kier alpha value is -3.12. The Bertz CT molecular complexity index is 1090. The third-order valence-corrected chi connectivity index (χ3v) is 5.70. The molecular formula is C28H35NO5. The quantitative estimate of drug-likeness (QED) is 0.314. The minimum absolute atomic E-state index is 0.00801. The molecular weight excluding hydrogens is 430 g/mol. The van der Waals surface area contributed by atoms with Crippen molar-refractivity contribution in [2.24, 2.45) is 5.92 Å². The van der Waals surface area contributed by atoms with Crippen LogP contribution >= 0.6 is 0 Å². The van der Waals surface area contributed by atoms with Gasteiger partial charge in [0.05, 0.1) is 30.9 Å². The number of Topliss-reactive ketones (excluding diaryl/α,β-unsaturated/α-hetero) is 1. The van der Waals surface area contributed by atoms with Crippen molar-refractivity contribution in [3.8, 4) is 5.75 Å². The fraction of sp³-hybridized carbons (Fsp3) is 0.429. The number of hydrogen-bond acceptors (Lipinski definition) is 5. The van der Waals surface area contributed by atoms with Crippen LogP contribution in [0.25, 0.3) is 5.76 Å². The smallest absolute Gasteiger partial charge is 0.295 e. The molecule has 0 aliphatic carbocycles. The lowest BCUT2D eigenvalue weighted by Crippen LogP contribution is -2.33. The Balaban J connectivity index is 2.04. The van der Waals surface area contributed by atoms with Crippen LogP contribution in [0, 0.1) is 19.8 Å². The zero-order valence-electron chi connectivity index (χ0n) is 20.9. The molecule has 1 saturated heterocycles. The summed E-state index contributed by atoms with van der Waals surface area (Å²) in [5.74, 6) is -0.389. The van der Waals surface area contributed by atoms with Crippen LogP contribution in [0.5, 0.6) is 5.75 Å². The van der Waals surface area contributed by atoms with Crippen molar-refractivity contribution in [2.75, 3.05) is 19.8 Å². The largest absolute Gasteiger partial charge is 0.507 e. The fourth-order valence-corrected chi connectivity index (χ4v) is 4.05. The van der Waals surface area contributed by atoms with Gasteiger partial charge < -0.3 is 19.5 Å². The van der Waals surface area contributed by atoms with E-state index < -0.39 is 17.7 Å². The van der Waals surface area contributed by atoms with E-state index in [2.05, 4.69) is 13.8 Å². The van der Waals surface area contributed by atoms with Crippen molar-refractivity contribution in [1.82, 2.24) is 4.90 Å². The van der Waals surface area contributed by atoms with Crippen LogP contribution in [0.4, 0.5) is 0 Å². The average Bonchev–Trinajstić information content (AvgIpc) is 3.02. The number of benzene rings is 2. The van der Waals surface area contributed by atoms with Crippen molar-refractivity contribution >= 4 is 17.4 Å². The second kappa shape index (κ2) is 10.9. The third kappa shape index (κ3) is 5.68. The predicted octanol–water partition coefficient (Wildman–Crippen LogP) is 5.18. The van der Waals surface area contributed by atoms with E-state index in [-0.39, 0.29) is 24.0 Å². The number of aliphatic hydroxyl groups is 1. The van der Waals surface area contributed by atoms with Crippen LogP contribution in [0.3, 0.4) is 0 Å². The molecule has 0 radical (unpaired) electrons. The summed E-state index contributed by atoms with van der Waals surface area (Å²) < 4.78 is 11.5. The van der Waals surface area contributed by atoms with Crippen LogP contribution in [0.2, 0.25) is 0 Å². The van der Waals surface area contributed by atoms with Crippen molar-refractivity contribution in [2.45, 2.75) is 53.7 Å². The summed E-state index contributed by atoms with van der Waals surface area (Å²) >= 11 is 0. The molecule has 0 spiro atoms. The Morgan fingerprint density at radius 3 is 2.41 bits per heavy atom. The zero-order valence-corrected chi connectivity index (χ0v) is 20.9. The first-order valence-corrected chi connectivity index (χ1v) is 11.8. The lowest BCUT2D eigenvalue weighted by atomic mass is 9.94. The first-order chi connectivity index (χ1) is 16.1. The van der Waals surface area contributed by atoms with Crippen LogP contribution in [-0.4, -0.2) is 47.6 Å². The van der Waals surface area contributed by atoms with Gasteiger partial charge in [-0.3, -0.25) is 9.59 Å². The maximum atomic E-state index is 13.2. The first kappa shape index (κ1) is 25.5. The van der Waals surface area contributed by atoms with E-state index >= 15 is 0 Å². The SMILES string of the molecule is Cc1cccc(C2/C(=C(/O)c3ccc(OCC(C)C)c(C)c3)C(=O)C(=O)N2CCOC(C)C)c1. The highest BCUT2D eigenvalue weighted by atomic mass is 16.5. The number of amides is 1. The number of likely N-dealkylation sites (tertiary alicyclic amines) is 1. The molecule has 0 bridgehead atoms. The lowest BCUT2D eigenvalue weighted by molar-refractivity contribution is -0.140. The molecule has 1 unspecified atom stereocenters. The molecule has 0 aromatic heterocycles. The monoisotopic (exact) mass is 465 g/mol. The van der Waals surface area contributed by atoms with Gasteiger partial charge in [0.15, 0.2) is 0 Å². The van der Waals surface area contributed by atoms with E-state index in [0.29, 0.717) is 24.7 Å². The summed E-state index contributed by atoms with van der Waals surface area (Å²) in [7, 11) is 0. The van der Waals surface area contributed by atoms with E-state index in [1.807, 2.05) is 52.0 Å². The summed E-state index contributed by atoms with van der Waals surface area (Å²) in [5, 5.41) is 11.3. The van der Waals surface area contributed by atoms with Crippen molar-refractivity contribution in [3.63, 3.8) is 0 Å². The zero-order chi connectivity index (χ0) is 25.0. The van der Waals surface area contributed by atoms with Gasteiger partial charge in [-0.05, 0) is 62.9 Å². The molecule has 6 nitrogen and oxygen atoms in total. The number of rotatable bonds is 9.